The zero-order valence-electron chi connectivity index (χ0n) is 19.9. The Kier molecular flexibility index (Phi) is 6.00. The summed E-state index contributed by atoms with van der Waals surface area (Å²) in [5, 5.41) is 0. The lowest BCUT2D eigenvalue weighted by Gasteiger charge is -2.19. The summed E-state index contributed by atoms with van der Waals surface area (Å²) in [6.45, 7) is 9.95. The Bertz CT molecular complexity index is 1250. The molecular formula is C28H27NO5. The SMILES string of the molecule is CC(C)OC(=O)c1ccc2c(c1)C(=O)N(c1ccc(Oc3ccc(C(C)(C)C)cc3)cc1)C2=O. The van der Waals surface area contributed by atoms with Crippen LogP contribution in [0.3, 0.4) is 0 Å². The molecule has 4 rings (SSSR count). The Hall–Kier alpha value is -3.93. The standard InChI is InChI=1S/C28H27NO5/c1-17(2)33-27(32)18-6-15-23-24(16-18)26(31)29(25(23)30)20-9-13-22(14-10-20)34-21-11-7-19(8-12-21)28(3,4)5/h6-17H,1-5H3. The van der Waals surface area contributed by atoms with E-state index in [9.17, 15) is 14.4 Å². The van der Waals surface area contributed by atoms with Crippen LogP contribution in [-0.2, 0) is 10.2 Å². The first-order valence-electron chi connectivity index (χ1n) is 11.2. The van der Waals surface area contributed by atoms with Crippen molar-refractivity contribution < 1.29 is 23.9 Å². The lowest BCUT2D eigenvalue weighted by molar-refractivity contribution is 0.0377. The first-order chi connectivity index (χ1) is 16.0. The summed E-state index contributed by atoms with van der Waals surface area (Å²) in [4.78, 5) is 39.2. The quantitative estimate of drug-likeness (QED) is 0.340. The molecule has 3 aromatic carbocycles. The molecule has 174 valence electrons. The van der Waals surface area contributed by atoms with E-state index in [1.807, 2.05) is 24.3 Å². The molecule has 0 radical (unpaired) electrons. The second-order valence-electron chi connectivity index (χ2n) is 9.53. The molecule has 0 aliphatic carbocycles. The van der Waals surface area contributed by atoms with Gasteiger partial charge in [-0.05, 0) is 79.4 Å². The van der Waals surface area contributed by atoms with Gasteiger partial charge in [-0.25, -0.2) is 9.69 Å². The summed E-state index contributed by atoms with van der Waals surface area (Å²) in [5.41, 5.74) is 2.36. The van der Waals surface area contributed by atoms with E-state index in [-0.39, 0.29) is 28.2 Å². The van der Waals surface area contributed by atoms with Gasteiger partial charge in [0.05, 0.1) is 28.5 Å². The summed E-state index contributed by atoms with van der Waals surface area (Å²) < 4.78 is 11.1. The summed E-state index contributed by atoms with van der Waals surface area (Å²) >= 11 is 0. The lowest BCUT2D eigenvalue weighted by Crippen LogP contribution is -2.29. The zero-order valence-corrected chi connectivity index (χ0v) is 19.9. The summed E-state index contributed by atoms with van der Waals surface area (Å²) in [7, 11) is 0. The molecule has 6 heteroatoms. The van der Waals surface area contributed by atoms with Crippen molar-refractivity contribution in [3.63, 3.8) is 0 Å². The molecule has 3 aromatic rings. The van der Waals surface area contributed by atoms with Gasteiger partial charge >= 0.3 is 5.97 Å². The molecule has 1 aliphatic heterocycles. The number of rotatable bonds is 5. The van der Waals surface area contributed by atoms with Gasteiger partial charge in [-0.15, -0.1) is 0 Å². The third-order valence-corrected chi connectivity index (χ3v) is 5.52. The van der Waals surface area contributed by atoms with Crippen molar-refractivity contribution in [3.05, 3.63) is 89.0 Å². The molecule has 6 nitrogen and oxygen atoms in total. The maximum absolute atomic E-state index is 13.0. The minimum Gasteiger partial charge on any atom is -0.459 e. The smallest absolute Gasteiger partial charge is 0.338 e. The van der Waals surface area contributed by atoms with E-state index < -0.39 is 17.8 Å². The molecule has 0 saturated heterocycles. The van der Waals surface area contributed by atoms with E-state index in [2.05, 4.69) is 20.8 Å². The van der Waals surface area contributed by atoms with Crippen molar-refractivity contribution in [1.82, 2.24) is 0 Å². The molecule has 0 saturated carbocycles. The van der Waals surface area contributed by atoms with Gasteiger partial charge in [-0.3, -0.25) is 9.59 Å². The lowest BCUT2D eigenvalue weighted by atomic mass is 9.87. The number of anilines is 1. The van der Waals surface area contributed by atoms with Crippen LogP contribution in [0.2, 0.25) is 0 Å². The Labute approximate surface area is 199 Å². The summed E-state index contributed by atoms with van der Waals surface area (Å²) in [6.07, 6.45) is -0.285. The second-order valence-corrected chi connectivity index (χ2v) is 9.53. The highest BCUT2D eigenvalue weighted by atomic mass is 16.5. The van der Waals surface area contributed by atoms with Gasteiger partial charge in [-0.2, -0.15) is 0 Å². The molecule has 0 aromatic heterocycles. The Morgan fingerprint density at radius 2 is 1.35 bits per heavy atom. The number of carbonyl (C=O) groups excluding carboxylic acids is 3. The Morgan fingerprint density at radius 1 is 0.794 bits per heavy atom. The van der Waals surface area contributed by atoms with Crippen LogP contribution in [-0.4, -0.2) is 23.9 Å². The van der Waals surface area contributed by atoms with E-state index in [1.54, 1.807) is 38.1 Å². The van der Waals surface area contributed by atoms with Crippen molar-refractivity contribution in [2.24, 2.45) is 0 Å². The largest absolute Gasteiger partial charge is 0.459 e. The van der Waals surface area contributed by atoms with Crippen LogP contribution in [0.4, 0.5) is 5.69 Å². The fourth-order valence-corrected chi connectivity index (χ4v) is 3.71. The van der Waals surface area contributed by atoms with E-state index in [1.165, 1.54) is 23.8 Å². The minimum absolute atomic E-state index is 0.0576. The molecule has 0 unspecified atom stereocenters. The topological polar surface area (TPSA) is 72.9 Å². The number of imide groups is 1. The first-order valence-corrected chi connectivity index (χ1v) is 11.2. The van der Waals surface area contributed by atoms with Gasteiger partial charge in [0.1, 0.15) is 11.5 Å². The van der Waals surface area contributed by atoms with Gasteiger partial charge in [0.15, 0.2) is 0 Å². The average molecular weight is 458 g/mol. The van der Waals surface area contributed by atoms with E-state index in [0.717, 1.165) is 4.90 Å². The number of esters is 1. The van der Waals surface area contributed by atoms with Crippen LogP contribution in [0, 0.1) is 0 Å². The minimum atomic E-state index is -0.534. The highest BCUT2D eigenvalue weighted by Crippen LogP contribution is 2.32. The Morgan fingerprint density at radius 3 is 1.91 bits per heavy atom. The van der Waals surface area contributed by atoms with Crippen LogP contribution in [0.1, 0.15) is 71.3 Å². The van der Waals surface area contributed by atoms with Gasteiger partial charge in [0, 0.05) is 0 Å². The molecule has 1 heterocycles. The van der Waals surface area contributed by atoms with Crippen molar-refractivity contribution in [2.45, 2.75) is 46.1 Å². The fourth-order valence-electron chi connectivity index (χ4n) is 3.71. The number of benzene rings is 3. The number of hydrogen-bond acceptors (Lipinski definition) is 5. The number of fused-ring (bicyclic) bond motifs is 1. The number of amides is 2. The normalized spacial score (nSPS) is 13.3. The summed E-state index contributed by atoms with van der Waals surface area (Å²) in [6, 6.07) is 19.1. The summed E-state index contributed by atoms with van der Waals surface area (Å²) in [5.74, 6) is -0.167. The highest BCUT2D eigenvalue weighted by molar-refractivity contribution is 6.34. The average Bonchev–Trinajstić information content (AvgIpc) is 3.03. The van der Waals surface area contributed by atoms with Crippen LogP contribution in [0.25, 0.3) is 0 Å². The Balaban J connectivity index is 1.51. The van der Waals surface area contributed by atoms with Crippen molar-refractivity contribution in [1.29, 1.82) is 0 Å². The molecule has 1 aliphatic rings. The van der Waals surface area contributed by atoms with Crippen LogP contribution >= 0.6 is 0 Å². The predicted molar refractivity (Wildman–Crippen MR) is 130 cm³/mol. The van der Waals surface area contributed by atoms with Crippen LogP contribution in [0.15, 0.2) is 66.7 Å². The first kappa shape index (κ1) is 23.2. The van der Waals surface area contributed by atoms with E-state index in [0.29, 0.717) is 17.2 Å². The number of nitrogens with zero attached hydrogens (tertiary/aromatic N) is 1. The predicted octanol–water partition coefficient (Wildman–Crippen LogP) is 6.14. The monoisotopic (exact) mass is 457 g/mol. The van der Waals surface area contributed by atoms with Crippen LogP contribution in [0.5, 0.6) is 11.5 Å². The van der Waals surface area contributed by atoms with Crippen molar-refractivity contribution in [2.75, 3.05) is 4.90 Å². The van der Waals surface area contributed by atoms with Gasteiger partial charge in [0.2, 0.25) is 0 Å². The van der Waals surface area contributed by atoms with E-state index in [4.69, 9.17) is 9.47 Å². The zero-order chi connectivity index (χ0) is 24.6. The van der Waals surface area contributed by atoms with Gasteiger partial charge < -0.3 is 9.47 Å². The van der Waals surface area contributed by atoms with E-state index >= 15 is 0 Å². The molecule has 2 amide bonds. The number of hydrogen-bond donors (Lipinski definition) is 0. The highest BCUT2D eigenvalue weighted by Gasteiger charge is 2.37. The van der Waals surface area contributed by atoms with Crippen LogP contribution < -0.4 is 9.64 Å². The third-order valence-electron chi connectivity index (χ3n) is 5.52. The maximum atomic E-state index is 13.0. The van der Waals surface area contributed by atoms with Crippen molar-refractivity contribution >= 4 is 23.5 Å². The molecule has 0 fully saturated rings. The maximum Gasteiger partial charge on any atom is 0.338 e. The molecular weight excluding hydrogens is 430 g/mol. The molecule has 0 spiro atoms. The molecule has 34 heavy (non-hydrogen) atoms. The number of carbonyl (C=O) groups is 3. The molecule has 0 N–H and O–H groups in total. The fraction of sp³-hybridized carbons (Fsp3) is 0.250. The van der Waals surface area contributed by atoms with Gasteiger partial charge in [-0.1, -0.05) is 32.9 Å². The van der Waals surface area contributed by atoms with Gasteiger partial charge in [0.25, 0.3) is 11.8 Å². The third kappa shape index (κ3) is 4.57. The molecule has 0 atom stereocenters. The number of ether oxygens (including phenoxy) is 2. The van der Waals surface area contributed by atoms with Crippen molar-refractivity contribution in [3.8, 4) is 11.5 Å². The molecule has 0 bridgehead atoms. The second kappa shape index (κ2) is 8.78.